The molecule has 0 aromatic rings. The predicted molar refractivity (Wildman–Crippen MR) is 79.7 cm³/mol. The molecule has 0 atom stereocenters. The van der Waals surface area contributed by atoms with Crippen molar-refractivity contribution in [2.24, 2.45) is 0 Å². The lowest BCUT2D eigenvalue weighted by Gasteiger charge is -2.40. The second-order valence-electron chi connectivity index (χ2n) is 6.13. The van der Waals surface area contributed by atoms with Gasteiger partial charge in [-0.05, 0) is 25.9 Å². The van der Waals surface area contributed by atoms with Gasteiger partial charge in [-0.1, -0.05) is 6.92 Å². The van der Waals surface area contributed by atoms with E-state index in [1.165, 1.54) is 20.8 Å². The third-order valence-electron chi connectivity index (χ3n) is 4.17. The van der Waals surface area contributed by atoms with Crippen molar-refractivity contribution in [1.82, 2.24) is 0 Å². The summed E-state index contributed by atoms with van der Waals surface area (Å²) in [7, 11) is -3.70. The van der Waals surface area contributed by atoms with Crippen LogP contribution in [0.25, 0.3) is 0 Å². The molecule has 0 radical (unpaired) electrons. The predicted octanol–water partition coefficient (Wildman–Crippen LogP) is 6.65. The maximum absolute atomic E-state index is 13.9. The maximum atomic E-state index is 13.9. The molecule has 0 spiro atoms. The first kappa shape index (κ1) is 29.2. The molecule has 16 heteroatoms. The highest BCUT2D eigenvalue weighted by Gasteiger charge is 2.90. The quantitative estimate of drug-likeness (QED) is 0.224. The first-order valence-electron chi connectivity index (χ1n) is 8.37. The van der Waals surface area contributed by atoms with Crippen LogP contribution in [0.2, 0.25) is 12.1 Å². The third kappa shape index (κ3) is 4.84. The number of rotatable bonds is 12. The molecule has 0 aliphatic carbocycles. The Kier molecular flexibility index (Phi) is 8.76. The van der Waals surface area contributed by atoms with E-state index in [4.69, 9.17) is 8.85 Å². The second kappa shape index (κ2) is 9.00. The lowest BCUT2D eigenvalue weighted by atomic mass is 9.93. The molecule has 0 amide bonds. The van der Waals surface area contributed by atoms with Crippen LogP contribution in [-0.2, 0) is 8.85 Å². The summed E-state index contributed by atoms with van der Waals surface area (Å²) in [5, 5.41) is 0. The minimum atomic E-state index is -7.88. The minimum absolute atomic E-state index is 0.158. The van der Waals surface area contributed by atoms with E-state index in [0.717, 1.165) is 0 Å². The molecule has 0 N–H and O–H groups in total. The molecule has 30 heavy (non-hydrogen) atoms. The van der Waals surface area contributed by atoms with Crippen LogP contribution >= 0.6 is 0 Å². The number of hydrogen-bond acceptors (Lipinski definition) is 2. The number of alkyl halides is 13. The lowest BCUT2D eigenvalue weighted by molar-refractivity contribution is -0.440. The SMILES string of the molecule is CCO[Si](CC)(CCC(F)(F)C(F)(F)C(F)(F)C(F)(F)C(F)(F)C(F)(F)F)OCC. The number of hydrogen-bond donors (Lipinski definition) is 0. The monoisotopic (exact) mass is 494 g/mol. The van der Waals surface area contributed by atoms with Crippen LogP contribution in [0.5, 0.6) is 0 Å². The smallest absolute Gasteiger partial charge is 0.394 e. The molecule has 0 aromatic carbocycles. The molecule has 2 nitrogen and oxygen atoms in total. The van der Waals surface area contributed by atoms with E-state index < -0.39 is 56.8 Å². The Morgan fingerprint density at radius 1 is 0.567 bits per heavy atom. The van der Waals surface area contributed by atoms with E-state index in [2.05, 4.69) is 0 Å². The van der Waals surface area contributed by atoms with Crippen LogP contribution in [0.15, 0.2) is 0 Å². The molecule has 0 fully saturated rings. The summed E-state index contributed by atoms with van der Waals surface area (Å²) >= 11 is 0. The van der Waals surface area contributed by atoms with E-state index in [-0.39, 0.29) is 19.3 Å². The fourth-order valence-electron chi connectivity index (χ4n) is 2.40. The Hall–Kier alpha value is -0.773. The van der Waals surface area contributed by atoms with Gasteiger partial charge >= 0.3 is 44.3 Å². The van der Waals surface area contributed by atoms with Gasteiger partial charge in [-0.3, -0.25) is 0 Å². The largest absolute Gasteiger partial charge is 0.460 e. The summed E-state index contributed by atoms with van der Waals surface area (Å²) < 4.78 is 180. The molecule has 0 heterocycles. The van der Waals surface area contributed by atoms with Crippen molar-refractivity contribution in [2.45, 2.75) is 75.1 Å². The summed E-state index contributed by atoms with van der Waals surface area (Å²) in [5.74, 6) is -36.8. The van der Waals surface area contributed by atoms with Gasteiger partial charge in [0, 0.05) is 19.6 Å². The molecule has 0 aromatic heterocycles. The van der Waals surface area contributed by atoms with Crippen molar-refractivity contribution in [1.29, 1.82) is 0 Å². The van der Waals surface area contributed by atoms with Crippen molar-refractivity contribution >= 4 is 8.56 Å². The van der Waals surface area contributed by atoms with Crippen LogP contribution in [0.4, 0.5) is 57.1 Å². The molecule has 0 bridgehead atoms. The maximum Gasteiger partial charge on any atom is 0.460 e. The Balaban J connectivity index is 6.07. The highest BCUT2D eigenvalue weighted by Crippen LogP contribution is 2.61. The molecule has 0 saturated heterocycles. The van der Waals surface area contributed by atoms with Crippen molar-refractivity contribution in [3.8, 4) is 0 Å². The minimum Gasteiger partial charge on any atom is -0.394 e. The number of halogens is 13. The molecule has 0 aliphatic rings. The summed E-state index contributed by atoms with van der Waals surface area (Å²) in [4.78, 5) is 0. The Morgan fingerprint density at radius 2 is 0.933 bits per heavy atom. The molecule has 182 valence electrons. The van der Waals surface area contributed by atoms with Crippen LogP contribution in [0.1, 0.15) is 27.2 Å². The first-order valence-corrected chi connectivity index (χ1v) is 10.6. The van der Waals surface area contributed by atoms with Gasteiger partial charge in [-0.2, -0.15) is 57.1 Å². The summed E-state index contributed by atoms with van der Waals surface area (Å²) in [6, 6.07) is -1.31. The molecule has 0 saturated carbocycles. The van der Waals surface area contributed by atoms with Crippen molar-refractivity contribution < 1.29 is 65.9 Å². The topological polar surface area (TPSA) is 18.5 Å². The van der Waals surface area contributed by atoms with Gasteiger partial charge in [0.05, 0.1) is 0 Å². The van der Waals surface area contributed by atoms with Gasteiger partial charge in [0.1, 0.15) is 0 Å². The molecular weight excluding hydrogens is 475 g/mol. The van der Waals surface area contributed by atoms with Gasteiger partial charge < -0.3 is 8.85 Å². The molecule has 0 rings (SSSR count). The van der Waals surface area contributed by atoms with Gasteiger partial charge in [-0.15, -0.1) is 0 Å². The summed E-state index contributed by atoms with van der Waals surface area (Å²) in [5.41, 5.74) is 0. The Labute approximate surface area is 163 Å². The van der Waals surface area contributed by atoms with Crippen molar-refractivity contribution in [3.63, 3.8) is 0 Å². The van der Waals surface area contributed by atoms with E-state index in [1.54, 1.807) is 0 Å². The second-order valence-corrected chi connectivity index (χ2v) is 9.74. The average Bonchev–Trinajstić information content (AvgIpc) is 2.58. The van der Waals surface area contributed by atoms with E-state index in [9.17, 15) is 57.1 Å². The standard InChI is InChI=1S/C14H19F13O2Si/c1-4-28-30(6-3,29-5-2)8-7-9(15,16)10(17,18)11(19,20)12(21,22)13(23,24)14(25,26)27/h4-8H2,1-3H3. The van der Waals surface area contributed by atoms with E-state index in [0.29, 0.717) is 0 Å². The van der Waals surface area contributed by atoms with Crippen LogP contribution in [0.3, 0.4) is 0 Å². The molecule has 0 unspecified atom stereocenters. The Morgan fingerprint density at radius 3 is 1.23 bits per heavy atom. The van der Waals surface area contributed by atoms with Crippen LogP contribution in [-0.4, -0.2) is 57.6 Å². The van der Waals surface area contributed by atoms with Gasteiger partial charge in [0.15, 0.2) is 0 Å². The summed E-state index contributed by atoms with van der Waals surface area (Å²) in [6.45, 7) is 3.69. The van der Waals surface area contributed by atoms with Gasteiger partial charge in [0.25, 0.3) is 0 Å². The lowest BCUT2D eigenvalue weighted by Crippen LogP contribution is -2.70. The van der Waals surface area contributed by atoms with E-state index >= 15 is 0 Å². The fraction of sp³-hybridized carbons (Fsp3) is 1.00. The van der Waals surface area contributed by atoms with Crippen molar-refractivity contribution in [3.05, 3.63) is 0 Å². The first-order chi connectivity index (χ1) is 13.1. The highest BCUT2D eigenvalue weighted by molar-refractivity contribution is 6.67. The zero-order valence-electron chi connectivity index (χ0n) is 15.8. The third-order valence-corrected chi connectivity index (χ3v) is 7.89. The van der Waals surface area contributed by atoms with Gasteiger partial charge in [0.2, 0.25) is 0 Å². The van der Waals surface area contributed by atoms with Crippen LogP contribution in [0, 0.1) is 0 Å². The zero-order valence-corrected chi connectivity index (χ0v) is 16.8. The molecular formula is C14H19F13O2Si. The van der Waals surface area contributed by atoms with Crippen LogP contribution < -0.4 is 0 Å². The van der Waals surface area contributed by atoms with Crippen molar-refractivity contribution in [2.75, 3.05) is 13.2 Å². The van der Waals surface area contributed by atoms with E-state index in [1.807, 2.05) is 0 Å². The highest BCUT2D eigenvalue weighted by atomic mass is 28.4. The molecule has 0 aliphatic heterocycles. The zero-order chi connectivity index (χ0) is 24.4. The Bertz CT molecular complexity index is 557. The average molecular weight is 494 g/mol. The van der Waals surface area contributed by atoms with Gasteiger partial charge in [-0.25, -0.2) is 0 Å². The summed E-state index contributed by atoms with van der Waals surface area (Å²) in [6.07, 6.45) is -9.71. The fourth-order valence-corrected chi connectivity index (χ4v) is 5.28. The normalized spacial score (nSPS) is 15.6.